The van der Waals surface area contributed by atoms with E-state index in [1.54, 1.807) is 12.4 Å². The third-order valence-electron chi connectivity index (χ3n) is 2.87. The Hall–Kier alpha value is -1.83. The van der Waals surface area contributed by atoms with Gasteiger partial charge in [0.2, 0.25) is 0 Å². The van der Waals surface area contributed by atoms with E-state index in [0.717, 1.165) is 11.5 Å². The van der Waals surface area contributed by atoms with Crippen LogP contribution in [0.25, 0.3) is 0 Å². The highest BCUT2D eigenvalue weighted by molar-refractivity contribution is 5.44. The summed E-state index contributed by atoms with van der Waals surface area (Å²) in [5.74, 6) is 1.67. The highest BCUT2D eigenvalue weighted by atomic mass is 16.5. The van der Waals surface area contributed by atoms with Crippen molar-refractivity contribution in [2.75, 3.05) is 0 Å². The molecule has 1 aromatic heterocycles. The molecule has 0 aliphatic heterocycles. The molecule has 0 bridgehead atoms. The summed E-state index contributed by atoms with van der Waals surface area (Å²) in [6, 6.07) is 7.85. The van der Waals surface area contributed by atoms with Gasteiger partial charge < -0.3 is 4.74 Å². The molecule has 2 aromatic rings. The molecular formula is C14H15NO. The van der Waals surface area contributed by atoms with Gasteiger partial charge in [0.1, 0.15) is 11.5 Å². The van der Waals surface area contributed by atoms with Crippen LogP contribution in [0.15, 0.2) is 36.7 Å². The number of aryl methyl sites for hydroxylation is 1. The number of nitrogens with zero attached hydrogens (tertiary/aromatic N) is 1. The van der Waals surface area contributed by atoms with Crippen LogP contribution in [-0.2, 0) is 0 Å². The Morgan fingerprint density at radius 2 is 1.81 bits per heavy atom. The van der Waals surface area contributed by atoms with E-state index in [9.17, 15) is 0 Å². The number of aromatic nitrogens is 1. The molecule has 0 fully saturated rings. The fraction of sp³-hybridized carbons (Fsp3) is 0.214. The Morgan fingerprint density at radius 1 is 1.00 bits per heavy atom. The standard InChI is InChI=1S/C14H15NO/c1-10-6-7-14(12(3)11(10)2)16-13-5-4-8-15-9-13/h4-9H,1-3H3. The molecule has 16 heavy (non-hydrogen) atoms. The van der Waals surface area contributed by atoms with Crippen molar-refractivity contribution in [1.82, 2.24) is 4.98 Å². The predicted molar refractivity (Wildman–Crippen MR) is 65.0 cm³/mol. The maximum absolute atomic E-state index is 5.78. The largest absolute Gasteiger partial charge is 0.455 e. The van der Waals surface area contributed by atoms with Gasteiger partial charge in [0.25, 0.3) is 0 Å². The molecule has 1 heterocycles. The molecule has 0 unspecified atom stereocenters. The smallest absolute Gasteiger partial charge is 0.145 e. The lowest BCUT2D eigenvalue weighted by Crippen LogP contribution is -1.92. The van der Waals surface area contributed by atoms with E-state index >= 15 is 0 Å². The summed E-state index contributed by atoms with van der Waals surface area (Å²) in [5, 5.41) is 0. The van der Waals surface area contributed by atoms with Crippen LogP contribution in [0.3, 0.4) is 0 Å². The van der Waals surface area contributed by atoms with E-state index in [4.69, 9.17) is 4.74 Å². The molecule has 0 aliphatic rings. The molecule has 2 heteroatoms. The second kappa shape index (κ2) is 4.35. The molecule has 2 rings (SSSR count). The lowest BCUT2D eigenvalue weighted by atomic mass is 10.0. The normalized spacial score (nSPS) is 10.2. The van der Waals surface area contributed by atoms with Crippen molar-refractivity contribution < 1.29 is 4.74 Å². The van der Waals surface area contributed by atoms with Crippen molar-refractivity contribution in [3.63, 3.8) is 0 Å². The van der Waals surface area contributed by atoms with E-state index in [2.05, 4.69) is 31.8 Å². The van der Waals surface area contributed by atoms with Crippen LogP contribution in [-0.4, -0.2) is 4.98 Å². The van der Waals surface area contributed by atoms with E-state index < -0.39 is 0 Å². The lowest BCUT2D eigenvalue weighted by molar-refractivity contribution is 0.476. The fourth-order valence-corrected chi connectivity index (χ4v) is 1.58. The minimum absolute atomic E-state index is 0.772. The lowest BCUT2D eigenvalue weighted by Gasteiger charge is -2.11. The van der Waals surface area contributed by atoms with Gasteiger partial charge in [-0.15, -0.1) is 0 Å². The molecule has 0 aliphatic carbocycles. The van der Waals surface area contributed by atoms with E-state index in [1.807, 2.05) is 18.2 Å². The number of rotatable bonds is 2. The topological polar surface area (TPSA) is 22.1 Å². The molecule has 0 N–H and O–H groups in total. The molecule has 0 saturated heterocycles. The van der Waals surface area contributed by atoms with Crippen molar-refractivity contribution >= 4 is 0 Å². The molecule has 0 amide bonds. The number of hydrogen-bond acceptors (Lipinski definition) is 2. The van der Waals surface area contributed by atoms with Gasteiger partial charge in [-0.25, -0.2) is 0 Å². The number of hydrogen-bond donors (Lipinski definition) is 0. The molecule has 0 saturated carbocycles. The molecule has 82 valence electrons. The second-order valence-electron chi connectivity index (χ2n) is 3.92. The molecular weight excluding hydrogens is 198 g/mol. The Bertz CT molecular complexity index is 492. The first kappa shape index (κ1) is 10.7. The Kier molecular flexibility index (Phi) is 2.91. The van der Waals surface area contributed by atoms with Gasteiger partial charge in [-0.1, -0.05) is 6.07 Å². The average Bonchev–Trinajstić information content (AvgIpc) is 2.31. The Morgan fingerprint density at radius 3 is 2.50 bits per heavy atom. The van der Waals surface area contributed by atoms with Gasteiger partial charge in [0.05, 0.1) is 6.20 Å². The summed E-state index contributed by atoms with van der Waals surface area (Å²) < 4.78 is 5.78. The van der Waals surface area contributed by atoms with Crippen LogP contribution >= 0.6 is 0 Å². The quantitative estimate of drug-likeness (QED) is 0.757. The van der Waals surface area contributed by atoms with Crippen LogP contribution in [0.2, 0.25) is 0 Å². The minimum atomic E-state index is 0.772. The fourth-order valence-electron chi connectivity index (χ4n) is 1.58. The first-order valence-electron chi connectivity index (χ1n) is 5.33. The van der Waals surface area contributed by atoms with Crippen LogP contribution in [0.1, 0.15) is 16.7 Å². The van der Waals surface area contributed by atoms with Crippen LogP contribution in [0, 0.1) is 20.8 Å². The summed E-state index contributed by atoms with van der Waals surface area (Å²) in [7, 11) is 0. The van der Waals surface area contributed by atoms with E-state index in [1.165, 1.54) is 16.7 Å². The minimum Gasteiger partial charge on any atom is -0.455 e. The van der Waals surface area contributed by atoms with Gasteiger partial charge in [0, 0.05) is 6.20 Å². The summed E-state index contributed by atoms with van der Waals surface area (Å²) >= 11 is 0. The molecule has 0 spiro atoms. The summed E-state index contributed by atoms with van der Waals surface area (Å²) in [6.07, 6.45) is 3.45. The summed E-state index contributed by atoms with van der Waals surface area (Å²) in [4.78, 5) is 4.03. The molecule has 2 nitrogen and oxygen atoms in total. The number of pyridine rings is 1. The zero-order chi connectivity index (χ0) is 11.5. The first-order valence-corrected chi connectivity index (χ1v) is 5.33. The van der Waals surface area contributed by atoms with E-state index in [0.29, 0.717) is 0 Å². The maximum Gasteiger partial charge on any atom is 0.145 e. The molecule has 0 radical (unpaired) electrons. The van der Waals surface area contributed by atoms with Crippen molar-refractivity contribution in [3.8, 4) is 11.5 Å². The van der Waals surface area contributed by atoms with Crippen LogP contribution in [0.4, 0.5) is 0 Å². The van der Waals surface area contributed by atoms with Gasteiger partial charge in [-0.05, 0) is 55.7 Å². The van der Waals surface area contributed by atoms with Gasteiger partial charge in [0.15, 0.2) is 0 Å². The zero-order valence-corrected chi connectivity index (χ0v) is 9.82. The third-order valence-corrected chi connectivity index (χ3v) is 2.87. The van der Waals surface area contributed by atoms with Gasteiger partial charge in [-0.3, -0.25) is 4.98 Å². The predicted octanol–water partition coefficient (Wildman–Crippen LogP) is 3.80. The number of benzene rings is 1. The summed E-state index contributed by atoms with van der Waals surface area (Å²) in [5.41, 5.74) is 3.75. The third kappa shape index (κ3) is 2.06. The maximum atomic E-state index is 5.78. The molecule has 0 atom stereocenters. The zero-order valence-electron chi connectivity index (χ0n) is 9.82. The van der Waals surface area contributed by atoms with Gasteiger partial charge >= 0.3 is 0 Å². The van der Waals surface area contributed by atoms with Crippen LogP contribution < -0.4 is 4.74 Å². The Balaban J connectivity index is 2.33. The van der Waals surface area contributed by atoms with Crippen molar-refractivity contribution in [2.45, 2.75) is 20.8 Å². The van der Waals surface area contributed by atoms with Gasteiger partial charge in [-0.2, -0.15) is 0 Å². The SMILES string of the molecule is Cc1ccc(Oc2cccnc2)c(C)c1C. The highest BCUT2D eigenvalue weighted by Gasteiger charge is 2.05. The van der Waals surface area contributed by atoms with E-state index in [-0.39, 0.29) is 0 Å². The van der Waals surface area contributed by atoms with Crippen molar-refractivity contribution in [3.05, 3.63) is 53.3 Å². The average molecular weight is 213 g/mol. The monoisotopic (exact) mass is 213 g/mol. The number of ether oxygens (including phenoxy) is 1. The second-order valence-corrected chi connectivity index (χ2v) is 3.92. The highest BCUT2D eigenvalue weighted by Crippen LogP contribution is 2.27. The molecule has 1 aromatic carbocycles. The van der Waals surface area contributed by atoms with Crippen LogP contribution in [0.5, 0.6) is 11.5 Å². The Labute approximate surface area is 95.9 Å². The van der Waals surface area contributed by atoms with Crippen molar-refractivity contribution in [1.29, 1.82) is 0 Å². The first-order chi connectivity index (χ1) is 7.68. The van der Waals surface area contributed by atoms with Crippen molar-refractivity contribution in [2.24, 2.45) is 0 Å². The summed E-state index contributed by atoms with van der Waals surface area (Å²) in [6.45, 7) is 6.30.